The van der Waals surface area contributed by atoms with Gasteiger partial charge in [-0.1, -0.05) is 30.3 Å². The van der Waals surface area contributed by atoms with Crippen LogP contribution in [0, 0.1) is 0 Å². The number of rotatable bonds is 4. The highest BCUT2D eigenvalue weighted by Crippen LogP contribution is 2.29. The molecule has 0 saturated carbocycles. The Balaban J connectivity index is 2.29. The average Bonchev–Trinajstić information content (AvgIpc) is 2.81. The van der Waals surface area contributed by atoms with E-state index in [1.165, 1.54) is 11.3 Å². The van der Waals surface area contributed by atoms with Crippen LogP contribution in [0.4, 0.5) is 0 Å². The number of ether oxygens (including phenoxy) is 1. The zero-order valence-electron chi connectivity index (χ0n) is 9.83. The summed E-state index contributed by atoms with van der Waals surface area (Å²) in [4.78, 5) is 4.40. The summed E-state index contributed by atoms with van der Waals surface area (Å²) >= 11 is 1.51. The van der Waals surface area contributed by atoms with Crippen molar-refractivity contribution in [2.24, 2.45) is 0 Å². The van der Waals surface area contributed by atoms with Gasteiger partial charge in [-0.2, -0.15) is 0 Å². The lowest BCUT2D eigenvalue weighted by Gasteiger charge is -2.12. The van der Waals surface area contributed by atoms with Crippen LogP contribution in [0.3, 0.4) is 0 Å². The number of benzene rings is 1. The third-order valence-electron chi connectivity index (χ3n) is 2.53. The number of nitrogens with zero attached hydrogens (tertiary/aromatic N) is 1. The Morgan fingerprint density at radius 3 is 2.53 bits per heavy atom. The second kappa shape index (κ2) is 5.40. The quantitative estimate of drug-likeness (QED) is 0.906. The zero-order valence-corrected chi connectivity index (χ0v) is 10.6. The van der Waals surface area contributed by atoms with Gasteiger partial charge in [-0.25, -0.2) is 4.98 Å². The third-order valence-corrected chi connectivity index (χ3v) is 3.44. The molecule has 2 aromatic rings. The van der Waals surface area contributed by atoms with Crippen LogP contribution in [0.2, 0.25) is 0 Å². The summed E-state index contributed by atoms with van der Waals surface area (Å²) in [6.45, 7) is 1.71. The van der Waals surface area contributed by atoms with Gasteiger partial charge in [-0.3, -0.25) is 0 Å². The Morgan fingerprint density at radius 2 is 2.00 bits per heavy atom. The fourth-order valence-corrected chi connectivity index (χ4v) is 2.63. The van der Waals surface area contributed by atoms with Gasteiger partial charge in [0.05, 0.1) is 11.8 Å². The van der Waals surface area contributed by atoms with E-state index >= 15 is 0 Å². The first-order chi connectivity index (χ1) is 8.22. The number of aliphatic hydroxyl groups is 1. The molecule has 90 valence electrons. The number of thiazole rings is 1. The molecule has 1 aromatic carbocycles. The smallest absolute Gasteiger partial charge is 0.134 e. The van der Waals surface area contributed by atoms with Crippen LogP contribution in [0.5, 0.6) is 0 Å². The molecule has 0 aliphatic rings. The fourth-order valence-electron chi connectivity index (χ4n) is 1.62. The fraction of sp³-hybridized carbons (Fsp3) is 0.308. The zero-order chi connectivity index (χ0) is 12.3. The molecule has 2 rings (SSSR count). The minimum atomic E-state index is -0.534. The van der Waals surface area contributed by atoms with Crippen molar-refractivity contribution in [1.82, 2.24) is 4.98 Å². The van der Waals surface area contributed by atoms with Gasteiger partial charge in [0.1, 0.15) is 11.1 Å². The number of hydrogen-bond acceptors (Lipinski definition) is 4. The van der Waals surface area contributed by atoms with E-state index < -0.39 is 6.10 Å². The molecule has 0 spiro atoms. The predicted octanol–water partition coefficient (Wildman–Crippen LogP) is 2.93. The Labute approximate surface area is 105 Å². The van der Waals surface area contributed by atoms with Crippen LogP contribution >= 0.6 is 11.3 Å². The molecule has 4 heteroatoms. The molecule has 0 aliphatic carbocycles. The third kappa shape index (κ3) is 2.72. The first-order valence-electron chi connectivity index (χ1n) is 5.43. The molecule has 0 bridgehead atoms. The maximum atomic E-state index is 9.47. The van der Waals surface area contributed by atoms with E-state index in [-0.39, 0.29) is 6.10 Å². The number of aliphatic hydroxyl groups excluding tert-OH is 1. The Kier molecular flexibility index (Phi) is 3.89. The topological polar surface area (TPSA) is 42.4 Å². The molecule has 0 aliphatic heterocycles. The lowest BCUT2D eigenvalue weighted by Crippen LogP contribution is -2.03. The predicted molar refractivity (Wildman–Crippen MR) is 68.0 cm³/mol. The van der Waals surface area contributed by atoms with Crippen molar-refractivity contribution in [3.05, 3.63) is 52.0 Å². The van der Waals surface area contributed by atoms with Crippen LogP contribution in [0.1, 0.15) is 35.4 Å². The summed E-state index contributed by atoms with van der Waals surface area (Å²) in [5.74, 6) is 0. The highest BCUT2D eigenvalue weighted by molar-refractivity contribution is 7.09. The molecule has 0 amide bonds. The lowest BCUT2D eigenvalue weighted by atomic mass is 10.1. The van der Waals surface area contributed by atoms with Crippen molar-refractivity contribution >= 4 is 11.3 Å². The van der Waals surface area contributed by atoms with Crippen molar-refractivity contribution < 1.29 is 9.84 Å². The van der Waals surface area contributed by atoms with E-state index in [2.05, 4.69) is 4.98 Å². The van der Waals surface area contributed by atoms with Crippen molar-refractivity contribution in [3.63, 3.8) is 0 Å². The van der Waals surface area contributed by atoms with Crippen molar-refractivity contribution in [2.75, 3.05) is 7.11 Å². The summed E-state index contributed by atoms with van der Waals surface area (Å²) in [6.07, 6.45) is -0.693. The van der Waals surface area contributed by atoms with Gasteiger partial charge in [0.15, 0.2) is 0 Å². The van der Waals surface area contributed by atoms with E-state index in [4.69, 9.17) is 4.74 Å². The van der Waals surface area contributed by atoms with Gasteiger partial charge in [-0.15, -0.1) is 11.3 Å². The van der Waals surface area contributed by atoms with E-state index in [0.717, 1.165) is 10.6 Å². The second-order valence-electron chi connectivity index (χ2n) is 3.81. The summed E-state index contributed by atoms with van der Waals surface area (Å²) < 4.78 is 5.48. The van der Waals surface area contributed by atoms with Crippen LogP contribution < -0.4 is 0 Å². The van der Waals surface area contributed by atoms with Gasteiger partial charge in [0, 0.05) is 12.5 Å². The first kappa shape index (κ1) is 12.2. The Morgan fingerprint density at radius 1 is 1.29 bits per heavy atom. The maximum Gasteiger partial charge on any atom is 0.134 e. The summed E-state index contributed by atoms with van der Waals surface area (Å²) in [6, 6.07) is 9.95. The second-order valence-corrected chi connectivity index (χ2v) is 4.70. The van der Waals surface area contributed by atoms with Crippen LogP contribution in [0.15, 0.2) is 35.7 Å². The Hall–Kier alpha value is -1.23. The lowest BCUT2D eigenvalue weighted by molar-refractivity contribution is 0.135. The monoisotopic (exact) mass is 249 g/mol. The van der Waals surface area contributed by atoms with E-state index in [1.807, 2.05) is 35.7 Å². The van der Waals surface area contributed by atoms with Gasteiger partial charge < -0.3 is 9.84 Å². The molecular formula is C13H15NO2S. The molecule has 1 heterocycles. The molecule has 1 aromatic heterocycles. The van der Waals surface area contributed by atoms with Crippen LogP contribution in [-0.4, -0.2) is 17.2 Å². The first-order valence-corrected chi connectivity index (χ1v) is 6.31. The van der Waals surface area contributed by atoms with E-state index in [0.29, 0.717) is 5.69 Å². The standard InChI is InChI=1S/C13H15NO2S/c1-9(15)11-8-17-13(14-11)12(16-2)10-6-4-3-5-7-10/h3-9,12,15H,1-2H3. The number of hydrogen-bond donors (Lipinski definition) is 1. The van der Waals surface area contributed by atoms with Gasteiger partial charge in [0.2, 0.25) is 0 Å². The van der Waals surface area contributed by atoms with Gasteiger partial charge in [-0.05, 0) is 12.5 Å². The SMILES string of the molecule is COC(c1ccccc1)c1nc(C(C)O)cs1. The number of aromatic nitrogens is 1. The van der Waals surface area contributed by atoms with Gasteiger partial charge >= 0.3 is 0 Å². The molecule has 0 saturated heterocycles. The highest BCUT2D eigenvalue weighted by Gasteiger charge is 2.18. The molecule has 1 N–H and O–H groups in total. The number of methoxy groups -OCH3 is 1. The Bertz CT molecular complexity index is 467. The molecule has 2 unspecified atom stereocenters. The van der Waals surface area contributed by atoms with Crippen molar-refractivity contribution in [3.8, 4) is 0 Å². The normalized spacial score (nSPS) is 14.5. The highest BCUT2D eigenvalue weighted by atomic mass is 32.1. The van der Waals surface area contributed by atoms with Gasteiger partial charge in [0.25, 0.3) is 0 Å². The van der Waals surface area contributed by atoms with Crippen molar-refractivity contribution in [1.29, 1.82) is 0 Å². The molecule has 0 radical (unpaired) electrons. The summed E-state index contributed by atoms with van der Waals surface area (Å²) in [5.41, 5.74) is 1.77. The summed E-state index contributed by atoms with van der Waals surface area (Å²) in [7, 11) is 1.67. The minimum absolute atomic E-state index is 0.159. The molecule has 0 fully saturated rings. The summed E-state index contributed by atoms with van der Waals surface area (Å²) in [5, 5.41) is 12.2. The van der Waals surface area contributed by atoms with E-state index in [9.17, 15) is 5.11 Å². The molecule has 3 nitrogen and oxygen atoms in total. The average molecular weight is 249 g/mol. The maximum absolute atomic E-state index is 9.47. The molecule has 2 atom stereocenters. The van der Waals surface area contributed by atoms with Crippen LogP contribution in [0.25, 0.3) is 0 Å². The van der Waals surface area contributed by atoms with E-state index in [1.54, 1.807) is 14.0 Å². The molecular weight excluding hydrogens is 234 g/mol. The largest absolute Gasteiger partial charge is 0.387 e. The van der Waals surface area contributed by atoms with Crippen molar-refractivity contribution in [2.45, 2.75) is 19.1 Å². The molecule has 17 heavy (non-hydrogen) atoms. The minimum Gasteiger partial charge on any atom is -0.387 e. The van der Waals surface area contributed by atoms with Crippen LogP contribution in [-0.2, 0) is 4.74 Å².